The molecule has 14 nitrogen and oxygen atoms in total. The summed E-state index contributed by atoms with van der Waals surface area (Å²) in [5.41, 5.74) is 0.479. The summed E-state index contributed by atoms with van der Waals surface area (Å²) >= 11 is 0. The lowest BCUT2D eigenvalue weighted by Gasteiger charge is -2.45. The van der Waals surface area contributed by atoms with Crippen LogP contribution in [0.4, 0.5) is 0 Å². The molecule has 0 aromatic heterocycles. The van der Waals surface area contributed by atoms with Gasteiger partial charge < -0.3 is 55.1 Å². The van der Waals surface area contributed by atoms with Gasteiger partial charge in [0.2, 0.25) is 5.91 Å². The van der Waals surface area contributed by atoms with Crippen LogP contribution in [0.5, 0.6) is 11.5 Å². The fourth-order valence-electron chi connectivity index (χ4n) is 7.72. The molecular weight excluding hydrogens is 797 g/mol. The number of aliphatic hydroxyl groups excluding tert-OH is 4. The second-order valence-electron chi connectivity index (χ2n) is 17.2. The Hall–Kier alpha value is -3.01. The Bertz CT molecular complexity index is 1310. The summed E-state index contributed by atoms with van der Waals surface area (Å²) in [7, 11) is 0. The van der Waals surface area contributed by atoms with Gasteiger partial charge in [-0.2, -0.15) is 0 Å². The number of hydrogen-bond acceptors (Lipinski definition) is 12. The van der Waals surface area contributed by atoms with Gasteiger partial charge in [0.05, 0.1) is 38.6 Å². The van der Waals surface area contributed by atoms with Crippen LogP contribution < -0.4 is 20.1 Å². The van der Waals surface area contributed by atoms with E-state index in [0.29, 0.717) is 56.1 Å². The van der Waals surface area contributed by atoms with Crippen LogP contribution in [0.25, 0.3) is 0 Å². The number of amides is 2. The molecule has 1 aliphatic heterocycles. The Morgan fingerprint density at radius 3 is 1.63 bits per heavy atom. The SMILES string of the molecule is CCCCCCCCCCCCOc1cc(OCCCCCCCCCCCC)cc(C(=O)NCCCCCCOC(=O)[C@@]2(O)C[C@H](O)[C@@H](NC(C)=O)[C@H]([C@H](O)[C@H](O)CO)O2)c1. The maximum atomic E-state index is 13.3. The molecule has 14 heteroatoms. The lowest BCUT2D eigenvalue weighted by molar-refractivity contribution is -0.297. The van der Waals surface area contributed by atoms with E-state index in [4.69, 9.17) is 18.9 Å². The van der Waals surface area contributed by atoms with E-state index in [2.05, 4.69) is 24.5 Å². The predicted octanol–water partition coefficient (Wildman–Crippen LogP) is 7.18. The van der Waals surface area contributed by atoms with E-state index in [1.807, 2.05) is 6.07 Å². The van der Waals surface area contributed by atoms with Crippen molar-refractivity contribution in [1.82, 2.24) is 10.6 Å². The van der Waals surface area contributed by atoms with Crippen molar-refractivity contribution in [2.75, 3.05) is 33.0 Å². The number of nitrogens with one attached hydrogen (secondary N) is 2. The maximum Gasteiger partial charge on any atom is 0.366 e. The second kappa shape index (κ2) is 33.5. The molecule has 1 aromatic carbocycles. The Morgan fingerprint density at radius 2 is 1.16 bits per heavy atom. The summed E-state index contributed by atoms with van der Waals surface area (Å²) < 4.78 is 22.9. The van der Waals surface area contributed by atoms with E-state index in [0.717, 1.165) is 32.1 Å². The second-order valence-corrected chi connectivity index (χ2v) is 17.2. The van der Waals surface area contributed by atoms with Gasteiger partial charge in [-0.05, 0) is 44.2 Å². The van der Waals surface area contributed by atoms with Crippen molar-refractivity contribution in [3.63, 3.8) is 0 Å². The zero-order chi connectivity index (χ0) is 45.4. The number of aliphatic hydroxyl groups is 5. The minimum absolute atomic E-state index is 0.0671. The highest BCUT2D eigenvalue weighted by Gasteiger charge is 2.54. The van der Waals surface area contributed by atoms with Gasteiger partial charge in [0.25, 0.3) is 11.7 Å². The Morgan fingerprint density at radius 1 is 0.710 bits per heavy atom. The highest BCUT2D eigenvalue weighted by Crippen LogP contribution is 2.32. The van der Waals surface area contributed by atoms with Gasteiger partial charge in [-0.3, -0.25) is 9.59 Å². The molecule has 1 aliphatic rings. The molecule has 0 saturated carbocycles. The summed E-state index contributed by atoms with van der Waals surface area (Å²) in [6.45, 7) is 6.32. The summed E-state index contributed by atoms with van der Waals surface area (Å²) in [6, 6.07) is 4.15. The molecule has 2 rings (SSSR count). The number of unbranched alkanes of at least 4 members (excludes halogenated alkanes) is 21. The first-order valence-corrected chi connectivity index (χ1v) is 24.1. The van der Waals surface area contributed by atoms with Gasteiger partial charge >= 0.3 is 5.97 Å². The van der Waals surface area contributed by atoms with Crippen LogP contribution in [-0.2, 0) is 19.1 Å². The molecule has 6 atom stereocenters. The first kappa shape index (κ1) is 55.1. The van der Waals surface area contributed by atoms with Crippen molar-refractivity contribution < 1.29 is 58.9 Å². The zero-order valence-corrected chi connectivity index (χ0v) is 38.4. The first-order valence-electron chi connectivity index (χ1n) is 24.1. The normalized spacial score (nSPS) is 19.7. The van der Waals surface area contributed by atoms with Gasteiger partial charge in [-0.1, -0.05) is 136 Å². The number of hydrogen-bond donors (Lipinski definition) is 7. The van der Waals surface area contributed by atoms with Gasteiger partial charge in [0, 0.05) is 31.5 Å². The molecule has 62 heavy (non-hydrogen) atoms. The van der Waals surface area contributed by atoms with Crippen molar-refractivity contribution in [3.05, 3.63) is 23.8 Å². The Labute approximate surface area is 372 Å². The minimum Gasteiger partial charge on any atom is -0.493 e. The van der Waals surface area contributed by atoms with E-state index in [9.17, 15) is 39.9 Å². The first-order chi connectivity index (χ1) is 29.9. The third-order valence-corrected chi connectivity index (χ3v) is 11.5. The Kier molecular flexibility index (Phi) is 29.8. The number of carbonyl (C=O) groups excluding carboxylic acids is 3. The van der Waals surface area contributed by atoms with Crippen molar-refractivity contribution in [2.24, 2.45) is 0 Å². The van der Waals surface area contributed by atoms with Crippen LogP contribution in [0, 0.1) is 0 Å². The van der Waals surface area contributed by atoms with Crippen LogP contribution in [0.15, 0.2) is 18.2 Å². The smallest absolute Gasteiger partial charge is 0.366 e. The summed E-state index contributed by atoms with van der Waals surface area (Å²) in [5, 5.41) is 56.7. The maximum absolute atomic E-state index is 13.3. The number of carbonyl (C=O) groups is 3. The van der Waals surface area contributed by atoms with Crippen LogP contribution in [0.1, 0.15) is 192 Å². The molecule has 2 amide bonds. The molecule has 0 bridgehead atoms. The van der Waals surface area contributed by atoms with E-state index in [1.54, 1.807) is 12.1 Å². The Balaban J connectivity index is 1.80. The van der Waals surface area contributed by atoms with Crippen molar-refractivity contribution >= 4 is 17.8 Å². The van der Waals surface area contributed by atoms with E-state index >= 15 is 0 Å². The predicted molar refractivity (Wildman–Crippen MR) is 240 cm³/mol. The van der Waals surface area contributed by atoms with E-state index < -0.39 is 61.1 Å². The van der Waals surface area contributed by atoms with Gasteiger partial charge in [0.15, 0.2) is 0 Å². The third kappa shape index (κ3) is 23.1. The fraction of sp³-hybridized carbons (Fsp3) is 0.812. The van der Waals surface area contributed by atoms with E-state index in [1.165, 1.54) is 110 Å². The molecule has 358 valence electrons. The highest BCUT2D eigenvalue weighted by atomic mass is 16.7. The number of esters is 1. The van der Waals surface area contributed by atoms with E-state index in [-0.39, 0.29) is 12.5 Å². The van der Waals surface area contributed by atoms with Crippen LogP contribution >= 0.6 is 0 Å². The van der Waals surface area contributed by atoms with Crippen molar-refractivity contribution in [2.45, 2.75) is 218 Å². The fourth-order valence-corrected chi connectivity index (χ4v) is 7.72. The number of benzene rings is 1. The molecule has 0 radical (unpaired) electrons. The van der Waals surface area contributed by atoms with Crippen LogP contribution in [-0.4, -0.2) is 113 Å². The molecule has 0 spiro atoms. The molecule has 0 unspecified atom stereocenters. The minimum atomic E-state index is -2.66. The lowest BCUT2D eigenvalue weighted by atomic mass is 9.88. The van der Waals surface area contributed by atoms with Gasteiger partial charge in [-0.25, -0.2) is 4.79 Å². The molecular formula is C48H84N2O12. The molecule has 1 fully saturated rings. The summed E-state index contributed by atoms with van der Waals surface area (Å²) in [6.07, 6.45) is 20.0. The molecule has 0 aliphatic carbocycles. The van der Waals surface area contributed by atoms with Crippen LogP contribution in [0.3, 0.4) is 0 Å². The average molecular weight is 881 g/mol. The van der Waals surface area contributed by atoms with Crippen LogP contribution in [0.2, 0.25) is 0 Å². The summed E-state index contributed by atoms with van der Waals surface area (Å²) in [4.78, 5) is 37.8. The standard InChI is InChI=1S/C48H84N2O12/c1-4-6-8-10-12-14-16-18-21-25-29-59-39-32-38(33-40(34-39)60-30-26-22-19-17-15-13-11-9-7-5-2)46(56)49-28-24-20-23-27-31-61-47(57)48(58)35-41(53)43(50-37(3)52)45(62-48)44(55)42(54)36-51/h32-34,41-45,51,53-55,58H,4-31,35-36H2,1-3H3,(H,49,56)(H,50,52)/t41-,42+,43+,44+,45+,48+/m0/s1. The zero-order valence-electron chi connectivity index (χ0n) is 38.4. The third-order valence-electron chi connectivity index (χ3n) is 11.5. The molecule has 7 N–H and O–H groups in total. The highest BCUT2D eigenvalue weighted by molar-refractivity contribution is 5.95. The topological polar surface area (TPSA) is 213 Å². The van der Waals surface area contributed by atoms with Gasteiger partial charge in [0.1, 0.15) is 29.8 Å². The molecule has 1 saturated heterocycles. The molecule has 1 aromatic rings. The lowest BCUT2D eigenvalue weighted by Crippen LogP contribution is -2.67. The quantitative estimate of drug-likeness (QED) is 0.0262. The van der Waals surface area contributed by atoms with Gasteiger partial charge in [-0.15, -0.1) is 0 Å². The van der Waals surface area contributed by atoms with Crippen molar-refractivity contribution in [1.29, 1.82) is 0 Å². The summed E-state index contributed by atoms with van der Waals surface area (Å²) in [5.74, 6) is -3.40. The van der Waals surface area contributed by atoms with Crippen molar-refractivity contribution in [3.8, 4) is 11.5 Å². The monoisotopic (exact) mass is 881 g/mol. The average Bonchev–Trinajstić information content (AvgIpc) is 3.25. The number of rotatable bonds is 37. The largest absolute Gasteiger partial charge is 0.493 e. The molecule has 1 heterocycles. The number of ether oxygens (including phenoxy) is 4.